The van der Waals surface area contributed by atoms with E-state index in [0.717, 1.165) is 112 Å². The third kappa shape index (κ3) is 31.1. The number of nitrogens with two attached hydrogens (primary N) is 2. The zero-order valence-corrected chi connectivity index (χ0v) is 64.0. The second kappa shape index (κ2) is 47.8. The molecule has 0 aliphatic heterocycles. The molecule has 0 saturated heterocycles. The zero-order chi connectivity index (χ0) is 81.1. The molecule has 11 rings (SSSR count). The van der Waals surface area contributed by atoms with Gasteiger partial charge in [0, 0.05) is 17.8 Å². The number of non-ortho nitro benzene ring substituents is 2. The van der Waals surface area contributed by atoms with Crippen molar-refractivity contribution in [2.45, 2.75) is 136 Å². The summed E-state index contributed by atoms with van der Waals surface area (Å²) in [5.41, 5.74) is 19.1. The van der Waals surface area contributed by atoms with Crippen molar-refractivity contribution in [3.05, 3.63) is 295 Å². The van der Waals surface area contributed by atoms with Gasteiger partial charge in [-0.3, -0.25) is 40.5 Å². The van der Waals surface area contributed by atoms with Crippen LogP contribution in [0.5, 0.6) is 57.5 Å². The molecule has 0 spiro atoms. The van der Waals surface area contributed by atoms with Crippen molar-refractivity contribution in [2.24, 2.45) is 0 Å². The second-order valence-electron chi connectivity index (χ2n) is 26.4. The minimum absolute atomic E-state index is 0.0600. The third-order valence-electron chi connectivity index (χ3n) is 17.7. The number of hydrogen-bond acceptors (Lipinski definition) is 18. The lowest BCUT2D eigenvalue weighted by molar-refractivity contribution is -0.395. The average molecular weight is 1540 g/mol. The van der Waals surface area contributed by atoms with Crippen LogP contribution in [0.15, 0.2) is 249 Å². The molecule has 0 aliphatic rings. The standard InChI is InChI=1S/C26H28N2O6.C26H32N2O2.C20H26O2.C12H10O2.C6H3FN2O4/c1-2-3-4-5-6-7-18-33-23-13-8-20(9-14-23)21-10-15-24(16-11-21)34-26-17-12-22(27(29)30)19-25(26)28(31)32;1-2-3-4-5-6-7-18-29-23-13-8-20(9-14-23)21-10-15-24(16-11-21)30-26-17-12-22(27)19-25(26)28;1-2-3-4-5-6-7-16-22-20-14-10-18(11-15-20)17-8-12-19(21)13-9-17;13-11-5-1-9(2-6-11)10-3-7-12(14)8-4-10;7-5-2-1-4(8(10)11)3-6(5)9(12)13/h8-17,19H,2-7,18H2,1H3;8-17,19H,2-7,18,27-28H2,1H3;8-15,21H,2-7,16H2,1H3;1-8,13-14H;1-3H. The van der Waals surface area contributed by atoms with Gasteiger partial charge in [0.25, 0.3) is 11.4 Å². The number of halogens is 1. The molecule has 23 heteroatoms. The van der Waals surface area contributed by atoms with E-state index in [0.29, 0.717) is 47.4 Å². The van der Waals surface area contributed by atoms with Crippen LogP contribution in [0.25, 0.3) is 44.5 Å². The Hall–Kier alpha value is -13.1. The summed E-state index contributed by atoms with van der Waals surface area (Å²) < 4.78 is 41.6. The van der Waals surface area contributed by atoms with Crippen molar-refractivity contribution < 1.29 is 63.1 Å². The van der Waals surface area contributed by atoms with Crippen molar-refractivity contribution in [2.75, 3.05) is 31.3 Å². The Morgan fingerprint density at radius 2 is 0.566 bits per heavy atom. The lowest BCUT2D eigenvalue weighted by Crippen LogP contribution is -1.97. The molecule has 0 amide bonds. The number of nitrogens with zero attached hydrogens (tertiary/aromatic N) is 4. The molecular weight excluding hydrogens is 1440 g/mol. The zero-order valence-electron chi connectivity index (χ0n) is 64.0. The van der Waals surface area contributed by atoms with Crippen LogP contribution in [0.3, 0.4) is 0 Å². The quantitative estimate of drug-likeness (QED) is 0.0105. The van der Waals surface area contributed by atoms with Crippen molar-refractivity contribution >= 4 is 34.1 Å². The number of benzene rings is 11. The third-order valence-corrected chi connectivity index (χ3v) is 17.7. The Bertz CT molecular complexity index is 4630. The SMILES string of the molecule is CCCCCCCCOc1ccc(-c2ccc(O)cc2)cc1.CCCCCCCCOc1ccc(-c2ccc(Oc3ccc(N)cc3N)cc2)cc1.CCCCCCCCOc1ccc(-c2ccc(Oc3ccc([N+](=O)[O-])cc3[N+](=O)[O-])cc2)cc1.O=[N+]([O-])c1ccc(F)c([N+](=O)[O-])c1.Oc1ccc(-c2ccc(O)cc2)cc1. The molecule has 113 heavy (non-hydrogen) atoms. The predicted molar refractivity (Wildman–Crippen MR) is 444 cm³/mol. The fourth-order valence-electron chi connectivity index (χ4n) is 11.4. The van der Waals surface area contributed by atoms with E-state index >= 15 is 0 Å². The number of nitro benzene ring substituents is 4. The summed E-state index contributed by atoms with van der Waals surface area (Å²) in [6.07, 6.45) is 22.7. The molecule has 11 aromatic carbocycles. The van der Waals surface area contributed by atoms with E-state index in [1.165, 1.54) is 108 Å². The molecule has 0 bridgehead atoms. The second-order valence-corrected chi connectivity index (χ2v) is 26.4. The molecule has 0 fully saturated rings. The van der Waals surface area contributed by atoms with Gasteiger partial charge in [-0.1, -0.05) is 214 Å². The van der Waals surface area contributed by atoms with E-state index in [9.17, 15) is 50.0 Å². The monoisotopic (exact) mass is 1540 g/mol. The number of hydrogen-bond donors (Lipinski definition) is 5. The fourth-order valence-corrected chi connectivity index (χ4v) is 11.4. The lowest BCUT2D eigenvalue weighted by Gasteiger charge is -2.10. The van der Waals surface area contributed by atoms with E-state index in [-0.39, 0.29) is 22.9 Å². The first-order valence-corrected chi connectivity index (χ1v) is 38.0. The van der Waals surface area contributed by atoms with Gasteiger partial charge in [-0.2, -0.15) is 4.39 Å². The number of unbranched alkanes of at least 4 members (excludes halogenated alkanes) is 15. The molecular formula is C90H99FN6O16. The van der Waals surface area contributed by atoms with Crippen LogP contribution >= 0.6 is 0 Å². The molecule has 0 saturated carbocycles. The van der Waals surface area contributed by atoms with Crippen LogP contribution in [0.4, 0.5) is 38.5 Å². The van der Waals surface area contributed by atoms with E-state index in [4.69, 9.17) is 45.4 Å². The molecule has 592 valence electrons. The Morgan fingerprint density at radius 3 is 0.867 bits per heavy atom. The Labute approximate surface area is 658 Å². The van der Waals surface area contributed by atoms with E-state index in [1.54, 1.807) is 66.7 Å². The number of ether oxygens (including phenoxy) is 5. The van der Waals surface area contributed by atoms with Crippen LogP contribution in [-0.4, -0.2) is 54.8 Å². The Morgan fingerprint density at radius 1 is 0.301 bits per heavy atom. The van der Waals surface area contributed by atoms with Crippen molar-refractivity contribution in [3.8, 4) is 102 Å². The van der Waals surface area contributed by atoms with Gasteiger partial charge in [0.05, 0.1) is 57.3 Å². The number of anilines is 2. The van der Waals surface area contributed by atoms with Gasteiger partial charge in [-0.25, -0.2) is 0 Å². The number of nitrogen functional groups attached to an aromatic ring is 2. The van der Waals surface area contributed by atoms with Crippen LogP contribution in [-0.2, 0) is 0 Å². The maximum absolute atomic E-state index is 12.6. The smallest absolute Gasteiger partial charge is 0.318 e. The Kier molecular flexibility index (Phi) is 36.9. The normalized spacial score (nSPS) is 10.4. The van der Waals surface area contributed by atoms with Crippen LogP contribution in [0, 0.1) is 46.3 Å². The average Bonchev–Trinajstić information content (AvgIpc) is 0.834. The van der Waals surface area contributed by atoms with Crippen LogP contribution in [0.1, 0.15) is 136 Å². The van der Waals surface area contributed by atoms with Gasteiger partial charge in [-0.15, -0.1) is 0 Å². The maximum Gasteiger partial charge on any atom is 0.318 e. The molecule has 0 atom stereocenters. The molecule has 22 nitrogen and oxygen atoms in total. The number of nitro groups is 4. The predicted octanol–water partition coefficient (Wildman–Crippen LogP) is 25.0. The summed E-state index contributed by atoms with van der Waals surface area (Å²) in [4.78, 5) is 39.2. The van der Waals surface area contributed by atoms with Crippen molar-refractivity contribution in [3.63, 3.8) is 0 Å². The van der Waals surface area contributed by atoms with Crippen LogP contribution in [0.2, 0.25) is 0 Å². The number of phenols is 3. The minimum Gasteiger partial charge on any atom is -0.508 e. The molecule has 0 unspecified atom stereocenters. The summed E-state index contributed by atoms with van der Waals surface area (Å²) in [7, 11) is 0. The highest BCUT2D eigenvalue weighted by Crippen LogP contribution is 2.37. The molecule has 0 heterocycles. The Balaban J connectivity index is 0.000000205. The van der Waals surface area contributed by atoms with Gasteiger partial charge in [0.2, 0.25) is 11.6 Å². The largest absolute Gasteiger partial charge is 0.508 e. The van der Waals surface area contributed by atoms with Gasteiger partial charge in [0.1, 0.15) is 51.7 Å². The van der Waals surface area contributed by atoms with Gasteiger partial charge >= 0.3 is 11.4 Å². The summed E-state index contributed by atoms with van der Waals surface area (Å²) in [6.45, 7) is 8.99. The minimum atomic E-state index is -1.09. The fraction of sp³-hybridized carbons (Fsp3) is 0.267. The van der Waals surface area contributed by atoms with Gasteiger partial charge in [-0.05, 0) is 191 Å². The highest BCUT2D eigenvalue weighted by Gasteiger charge is 2.22. The van der Waals surface area contributed by atoms with Gasteiger partial charge < -0.3 is 50.5 Å². The van der Waals surface area contributed by atoms with E-state index in [1.807, 2.05) is 121 Å². The maximum atomic E-state index is 12.6. The first-order chi connectivity index (χ1) is 54.7. The van der Waals surface area contributed by atoms with Crippen molar-refractivity contribution in [1.82, 2.24) is 0 Å². The highest BCUT2D eigenvalue weighted by atomic mass is 19.1. The number of phenolic OH excluding ortho intramolecular Hbond substituents is 3. The first-order valence-electron chi connectivity index (χ1n) is 38.0. The topological polar surface area (TPSA) is 331 Å². The van der Waals surface area contributed by atoms with E-state index in [2.05, 4.69) is 45.0 Å². The van der Waals surface area contributed by atoms with Gasteiger partial charge in [0.15, 0.2) is 0 Å². The molecule has 0 radical (unpaired) electrons. The molecule has 11 aromatic rings. The van der Waals surface area contributed by atoms with Crippen molar-refractivity contribution in [1.29, 1.82) is 0 Å². The number of aromatic hydroxyl groups is 3. The number of rotatable bonds is 36. The molecule has 7 N–H and O–H groups in total. The summed E-state index contributed by atoms with van der Waals surface area (Å²) >= 11 is 0. The summed E-state index contributed by atoms with van der Waals surface area (Å²) in [5, 5.41) is 70.0. The molecule has 0 aromatic heterocycles. The molecule has 0 aliphatic carbocycles. The van der Waals surface area contributed by atoms with Crippen LogP contribution < -0.4 is 35.2 Å². The summed E-state index contributed by atoms with van der Waals surface area (Å²) in [5.74, 6) is 4.07. The highest BCUT2D eigenvalue weighted by molar-refractivity contribution is 5.69. The lowest BCUT2D eigenvalue weighted by atomic mass is 10.1. The first kappa shape index (κ1) is 87.2. The summed E-state index contributed by atoms with van der Waals surface area (Å²) in [6, 6.07) is 71.1. The van der Waals surface area contributed by atoms with E-state index < -0.39 is 42.6 Å².